The van der Waals surface area contributed by atoms with Gasteiger partial charge in [-0.1, -0.05) is 56.1 Å². The van der Waals surface area contributed by atoms with Crippen LogP contribution in [0.5, 0.6) is 11.5 Å². The van der Waals surface area contributed by atoms with Crippen molar-refractivity contribution in [2.45, 2.75) is 39.9 Å². The minimum Gasteiger partial charge on any atom is -0.488 e. The summed E-state index contributed by atoms with van der Waals surface area (Å²) in [5.74, 6) is -1.87. The molecular formula is C43H34Br2F3NO6. The molecule has 55 heavy (non-hydrogen) atoms. The number of carbonyl (C=O) groups is 3. The fraction of sp³-hybridized carbons (Fsp3) is 0.140. The van der Waals surface area contributed by atoms with E-state index < -0.39 is 17.3 Å². The molecular weight excluding hydrogens is 843 g/mol. The SMILES string of the molecule is CC(=O)CCC(=O)c1cc(Br)ccc1OCc1ccc(F)cc1.Cc1ccc(-c2cc(Br)ccc2OCc2ccc(F)cc2)n1-c1ccc(F)c(C(=O)O)c1. The van der Waals surface area contributed by atoms with Crippen LogP contribution in [0.25, 0.3) is 16.9 Å². The van der Waals surface area contributed by atoms with E-state index in [0.717, 1.165) is 43.1 Å². The molecule has 1 heterocycles. The first-order valence-electron chi connectivity index (χ1n) is 16.9. The highest BCUT2D eigenvalue weighted by atomic mass is 79.9. The summed E-state index contributed by atoms with van der Waals surface area (Å²) in [7, 11) is 0. The van der Waals surface area contributed by atoms with Gasteiger partial charge in [0.1, 0.15) is 47.9 Å². The maximum absolute atomic E-state index is 13.9. The number of aryl methyl sites for hydroxylation is 1. The van der Waals surface area contributed by atoms with Crippen LogP contribution in [0.4, 0.5) is 13.2 Å². The van der Waals surface area contributed by atoms with Crippen LogP contribution in [0.2, 0.25) is 0 Å². The lowest BCUT2D eigenvalue weighted by Gasteiger charge is -2.17. The van der Waals surface area contributed by atoms with Gasteiger partial charge in [-0.15, -0.1) is 0 Å². The summed E-state index contributed by atoms with van der Waals surface area (Å²) in [6, 6.07) is 30.6. The quantitative estimate of drug-likeness (QED) is 0.116. The molecule has 0 amide bonds. The monoisotopic (exact) mass is 875 g/mol. The molecule has 0 aliphatic heterocycles. The van der Waals surface area contributed by atoms with Gasteiger partial charge in [0.2, 0.25) is 0 Å². The third-order valence-electron chi connectivity index (χ3n) is 8.29. The van der Waals surface area contributed by atoms with Crippen molar-refractivity contribution >= 4 is 49.4 Å². The Hall–Kier alpha value is -5.46. The fourth-order valence-electron chi connectivity index (χ4n) is 5.49. The van der Waals surface area contributed by atoms with E-state index in [9.17, 15) is 32.7 Å². The Morgan fingerprint density at radius 3 is 1.80 bits per heavy atom. The number of carbonyl (C=O) groups excluding carboxylic acids is 2. The Labute approximate surface area is 332 Å². The van der Waals surface area contributed by atoms with E-state index in [0.29, 0.717) is 22.7 Å². The number of nitrogens with zero attached hydrogens (tertiary/aromatic N) is 1. The molecule has 0 fully saturated rings. The first-order valence-corrected chi connectivity index (χ1v) is 18.5. The minimum atomic E-state index is -1.33. The normalized spacial score (nSPS) is 10.7. The number of ketones is 2. The second kappa shape index (κ2) is 18.7. The van der Waals surface area contributed by atoms with Crippen LogP contribution in [0.15, 0.2) is 124 Å². The van der Waals surface area contributed by atoms with Crippen molar-refractivity contribution in [3.05, 3.63) is 170 Å². The van der Waals surface area contributed by atoms with Crippen molar-refractivity contribution < 1.29 is 42.1 Å². The molecule has 5 aromatic carbocycles. The van der Waals surface area contributed by atoms with Crippen molar-refractivity contribution in [2.24, 2.45) is 0 Å². The van der Waals surface area contributed by atoms with E-state index in [2.05, 4.69) is 31.9 Å². The molecule has 0 atom stereocenters. The fourth-order valence-corrected chi connectivity index (χ4v) is 6.21. The van der Waals surface area contributed by atoms with E-state index in [-0.39, 0.29) is 49.3 Å². The maximum Gasteiger partial charge on any atom is 0.338 e. The standard InChI is InChI=1S/C25H18BrF2NO3.C18H16BrFO3/c1-15-2-10-23(29(15)19-8-9-22(28)20(13-19)25(30)31)21-12-17(26)5-11-24(21)32-14-16-3-6-18(27)7-4-16;1-12(21)2-8-17(22)16-10-14(19)5-9-18(16)23-11-13-3-6-15(20)7-4-13/h2-13H,14H2,1H3,(H,30,31);3-7,9-10H,2,8,11H2,1H3. The molecule has 6 rings (SSSR count). The highest BCUT2D eigenvalue weighted by molar-refractivity contribution is 9.10. The number of aromatic carboxylic acids is 1. The molecule has 0 saturated carbocycles. The van der Waals surface area contributed by atoms with Crippen LogP contribution in [-0.4, -0.2) is 27.2 Å². The van der Waals surface area contributed by atoms with Crippen molar-refractivity contribution in [3.8, 4) is 28.4 Å². The van der Waals surface area contributed by atoms with Crippen LogP contribution in [0.1, 0.15) is 57.3 Å². The lowest BCUT2D eigenvalue weighted by molar-refractivity contribution is -0.117. The van der Waals surface area contributed by atoms with E-state index >= 15 is 0 Å². The predicted molar refractivity (Wildman–Crippen MR) is 210 cm³/mol. The summed E-state index contributed by atoms with van der Waals surface area (Å²) in [6.07, 6.45) is 0.363. The summed E-state index contributed by atoms with van der Waals surface area (Å²) in [6.45, 7) is 3.81. The largest absolute Gasteiger partial charge is 0.488 e. The van der Waals surface area contributed by atoms with Crippen LogP contribution in [0.3, 0.4) is 0 Å². The van der Waals surface area contributed by atoms with Gasteiger partial charge in [-0.25, -0.2) is 18.0 Å². The Morgan fingerprint density at radius 1 is 0.655 bits per heavy atom. The Morgan fingerprint density at radius 2 is 1.22 bits per heavy atom. The van der Waals surface area contributed by atoms with Gasteiger partial charge in [0.15, 0.2) is 5.78 Å². The van der Waals surface area contributed by atoms with Gasteiger partial charge in [0, 0.05) is 38.7 Å². The second-order valence-corrected chi connectivity index (χ2v) is 14.2. The number of carboxylic acids is 1. The van der Waals surface area contributed by atoms with Gasteiger partial charge >= 0.3 is 5.97 Å². The number of benzene rings is 5. The number of Topliss-reactive ketones (excluding diaryl/α,β-unsaturated/α-hetero) is 2. The Kier molecular flexibility index (Phi) is 13.9. The number of hydrogen-bond donors (Lipinski definition) is 1. The maximum atomic E-state index is 13.9. The van der Waals surface area contributed by atoms with Gasteiger partial charge in [-0.05, 0) is 116 Å². The highest BCUT2D eigenvalue weighted by Crippen LogP contribution is 2.36. The molecule has 0 unspecified atom stereocenters. The minimum absolute atomic E-state index is 0.0258. The molecule has 0 aliphatic rings. The van der Waals surface area contributed by atoms with Gasteiger partial charge < -0.3 is 23.9 Å². The zero-order valence-corrected chi connectivity index (χ0v) is 32.8. The van der Waals surface area contributed by atoms with Crippen LogP contribution < -0.4 is 9.47 Å². The van der Waals surface area contributed by atoms with E-state index in [1.54, 1.807) is 42.5 Å². The zero-order valence-electron chi connectivity index (χ0n) is 29.6. The molecule has 0 radical (unpaired) electrons. The van der Waals surface area contributed by atoms with E-state index in [1.165, 1.54) is 43.3 Å². The van der Waals surface area contributed by atoms with Gasteiger partial charge in [0.05, 0.1) is 16.8 Å². The summed E-state index contributed by atoms with van der Waals surface area (Å²) in [5, 5.41) is 9.32. The number of halogens is 5. The molecule has 282 valence electrons. The van der Waals surface area contributed by atoms with Crippen molar-refractivity contribution in [2.75, 3.05) is 0 Å². The summed E-state index contributed by atoms with van der Waals surface area (Å²) >= 11 is 6.82. The van der Waals surface area contributed by atoms with Crippen LogP contribution in [-0.2, 0) is 18.0 Å². The third kappa shape index (κ3) is 11.1. The first-order chi connectivity index (χ1) is 26.3. The Balaban J connectivity index is 0.000000223. The second-order valence-electron chi connectivity index (χ2n) is 12.4. The molecule has 0 saturated heterocycles. The number of carboxylic acid groups (broad SMARTS) is 1. The molecule has 0 aliphatic carbocycles. The van der Waals surface area contributed by atoms with E-state index in [1.807, 2.05) is 41.8 Å². The summed E-state index contributed by atoms with van der Waals surface area (Å²) in [4.78, 5) is 34.7. The molecule has 1 aromatic heterocycles. The Bertz CT molecular complexity index is 2330. The first kappa shape index (κ1) is 40.7. The topological polar surface area (TPSA) is 94.8 Å². The third-order valence-corrected chi connectivity index (χ3v) is 9.28. The highest BCUT2D eigenvalue weighted by Gasteiger charge is 2.18. The van der Waals surface area contributed by atoms with Crippen molar-refractivity contribution in [1.82, 2.24) is 4.57 Å². The van der Waals surface area contributed by atoms with Crippen molar-refractivity contribution in [1.29, 1.82) is 0 Å². The van der Waals surface area contributed by atoms with Gasteiger partial charge in [-0.2, -0.15) is 0 Å². The molecule has 6 aromatic rings. The number of ether oxygens (including phenoxy) is 2. The molecule has 7 nitrogen and oxygen atoms in total. The lowest BCUT2D eigenvalue weighted by Crippen LogP contribution is -2.06. The summed E-state index contributed by atoms with van der Waals surface area (Å²) < 4.78 is 55.2. The zero-order chi connectivity index (χ0) is 39.6. The molecule has 0 bridgehead atoms. The lowest BCUT2D eigenvalue weighted by atomic mass is 10.0. The molecule has 1 N–H and O–H groups in total. The van der Waals surface area contributed by atoms with Gasteiger partial charge in [0.25, 0.3) is 0 Å². The molecule has 12 heteroatoms. The number of hydrogen-bond acceptors (Lipinski definition) is 5. The average molecular weight is 878 g/mol. The van der Waals surface area contributed by atoms with Crippen LogP contribution >= 0.6 is 31.9 Å². The molecule has 0 spiro atoms. The van der Waals surface area contributed by atoms with Crippen molar-refractivity contribution in [3.63, 3.8) is 0 Å². The van der Waals surface area contributed by atoms with Crippen LogP contribution in [0, 0.1) is 24.4 Å². The number of aromatic nitrogens is 1. The van der Waals surface area contributed by atoms with E-state index in [4.69, 9.17) is 9.47 Å². The number of rotatable bonds is 13. The smallest absolute Gasteiger partial charge is 0.338 e. The predicted octanol–water partition coefficient (Wildman–Crippen LogP) is 11.5. The summed E-state index contributed by atoms with van der Waals surface area (Å²) in [5.41, 5.74) is 4.52. The average Bonchev–Trinajstić information content (AvgIpc) is 3.55. The van der Waals surface area contributed by atoms with Gasteiger partial charge in [-0.3, -0.25) is 4.79 Å².